The van der Waals surface area contributed by atoms with Crippen molar-refractivity contribution in [2.75, 3.05) is 44.4 Å². The van der Waals surface area contributed by atoms with Gasteiger partial charge in [-0.3, -0.25) is 9.59 Å². The van der Waals surface area contributed by atoms with E-state index in [0.29, 0.717) is 31.9 Å². The third-order valence-electron chi connectivity index (χ3n) is 4.95. The van der Waals surface area contributed by atoms with Gasteiger partial charge >= 0.3 is 0 Å². The molecular weight excluding hydrogens is 396 g/mol. The summed E-state index contributed by atoms with van der Waals surface area (Å²) >= 11 is 0. The molecule has 8 heteroatoms. The number of amides is 2. The molecule has 3 rings (SSSR count). The fourth-order valence-corrected chi connectivity index (χ4v) is 3.18. The van der Waals surface area contributed by atoms with Crippen LogP contribution in [0, 0.1) is 0 Å². The number of hydrogen-bond acceptors (Lipinski definition) is 6. The van der Waals surface area contributed by atoms with Crippen LogP contribution in [0.2, 0.25) is 0 Å². The Hall–Kier alpha value is -3.13. The third kappa shape index (κ3) is 6.96. The van der Waals surface area contributed by atoms with Gasteiger partial charge in [0, 0.05) is 37.0 Å². The Balaban J connectivity index is 1.45. The second kappa shape index (κ2) is 11.9. The maximum atomic E-state index is 12.3. The Morgan fingerprint density at radius 1 is 1.13 bits per heavy atom. The summed E-state index contributed by atoms with van der Waals surface area (Å²) < 4.78 is 11.0. The molecule has 2 amide bonds. The lowest BCUT2D eigenvalue weighted by Crippen LogP contribution is -2.39. The molecule has 2 N–H and O–H groups in total. The lowest BCUT2D eigenvalue weighted by molar-refractivity contribution is -0.120. The molecule has 1 aromatic carbocycles. The molecule has 31 heavy (non-hydrogen) atoms. The number of nitrogens with one attached hydrogen (secondary N) is 2. The molecule has 8 nitrogen and oxygen atoms in total. The number of unbranched alkanes of at least 4 members (excludes halogenated alkanes) is 1. The van der Waals surface area contributed by atoms with E-state index in [2.05, 4.69) is 27.4 Å². The molecule has 1 aliphatic heterocycles. The molecular formula is C23H30N4O4. The van der Waals surface area contributed by atoms with Crippen molar-refractivity contribution in [3.8, 4) is 5.75 Å². The van der Waals surface area contributed by atoms with Gasteiger partial charge in [0.05, 0.1) is 26.4 Å². The van der Waals surface area contributed by atoms with E-state index in [-0.39, 0.29) is 18.4 Å². The molecule has 2 heterocycles. The normalized spacial score (nSPS) is 13.5. The van der Waals surface area contributed by atoms with Crippen LogP contribution >= 0.6 is 0 Å². The van der Waals surface area contributed by atoms with Crippen molar-refractivity contribution < 1.29 is 19.1 Å². The van der Waals surface area contributed by atoms with Crippen LogP contribution in [0.25, 0.3) is 0 Å². The Kier molecular flexibility index (Phi) is 8.66. The summed E-state index contributed by atoms with van der Waals surface area (Å²) in [5, 5.41) is 5.50. The van der Waals surface area contributed by atoms with Crippen LogP contribution in [0.15, 0.2) is 42.6 Å². The first-order valence-corrected chi connectivity index (χ1v) is 10.7. The summed E-state index contributed by atoms with van der Waals surface area (Å²) in [7, 11) is 0. The maximum Gasteiger partial charge on any atom is 0.251 e. The number of hydrogen-bond donors (Lipinski definition) is 2. The minimum absolute atomic E-state index is 0.0965. The van der Waals surface area contributed by atoms with E-state index >= 15 is 0 Å². The van der Waals surface area contributed by atoms with E-state index < -0.39 is 0 Å². The number of carbonyl (C=O) groups is 2. The molecule has 1 saturated heterocycles. The van der Waals surface area contributed by atoms with Crippen LogP contribution in [0.3, 0.4) is 0 Å². The average molecular weight is 427 g/mol. The topological polar surface area (TPSA) is 92.8 Å². The maximum absolute atomic E-state index is 12.3. The van der Waals surface area contributed by atoms with E-state index in [1.807, 2.05) is 12.1 Å². The zero-order chi connectivity index (χ0) is 21.9. The number of nitrogens with zero attached hydrogens (tertiary/aromatic N) is 2. The highest BCUT2D eigenvalue weighted by atomic mass is 16.5. The molecule has 1 aliphatic rings. The van der Waals surface area contributed by atoms with Gasteiger partial charge < -0.3 is 25.0 Å². The van der Waals surface area contributed by atoms with Crippen molar-refractivity contribution in [3.63, 3.8) is 0 Å². The number of carbonyl (C=O) groups excluding carboxylic acids is 2. The molecule has 1 fully saturated rings. The molecule has 0 spiro atoms. The van der Waals surface area contributed by atoms with E-state index in [1.165, 1.54) is 0 Å². The van der Waals surface area contributed by atoms with E-state index in [0.717, 1.165) is 43.1 Å². The molecule has 1 aromatic heterocycles. The number of ether oxygens (including phenoxy) is 2. The summed E-state index contributed by atoms with van der Waals surface area (Å²) in [6.07, 6.45) is 3.80. The second-order valence-electron chi connectivity index (χ2n) is 7.27. The highest BCUT2D eigenvalue weighted by Gasteiger charge is 2.16. The standard InChI is InChI=1S/C23H30N4O4/c1-2-3-13-31-20-8-6-18(7-9-20)23(29)26-17-21(28)25-16-19-5-4-10-24-22(19)27-11-14-30-15-12-27/h4-10H,2-3,11-17H2,1H3,(H,25,28)(H,26,29). The number of benzene rings is 1. The molecule has 0 atom stereocenters. The van der Waals surface area contributed by atoms with Crippen LogP contribution in [0.4, 0.5) is 5.82 Å². The predicted molar refractivity (Wildman–Crippen MR) is 118 cm³/mol. The first-order valence-electron chi connectivity index (χ1n) is 10.7. The van der Waals surface area contributed by atoms with Crippen molar-refractivity contribution in [3.05, 3.63) is 53.7 Å². The van der Waals surface area contributed by atoms with Gasteiger partial charge in [-0.05, 0) is 36.8 Å². The highest BCUT2D eigenvalue weighted by molar-refractivity contribution is 5.96. The van der Waals surface area contributed by atoms with Crippen LogP contribution in [0.5, 0.6) is 5.75 Å². The average Bonchev–Trinajstić information content (AvgIpc) is 2.82. The molecule has 166 valence electrons. The third-order valence-corrected chi connectivity index (χ3v) is 4.95. The van der Waals surface area contributed by atoms with E-state index in [4.69, 9.17) is 9.47 Å². The predicted octanol–water partition coefficient (Wildman–Crippen LogP) is 2.14. The molecule has 0 aliphatic carbocycles. The van der Waals surface area contributed by atoms with Crippen LogP contribution < -0.4 is 20.3 Å². The minimum Gasteiger partial charge on any atom is -0.494 e. The summed E-state index contributed by atoms with van der Waals surface area (Å²) in [5.41, 5.74) is 1.42. The monoisotopic (exact) mass is 426 g/mol. The highest BCUT2D eigenvalue weighted by Crippen LogP contribution is 2.18. The molecule has 0 bridgehead atoms. The Bertz CT molecular complexity index is 851. The fourth-order valence-electron chi connectivity index (χ4n) is 3.18. The smallest absolute Gasteiger partial charge is 0.251 e. The van der Waals surface area contributed by atoms with Gasteiger partial charge in [0.2, 0.25) is 5.91 Å². The summed E-state index contributed by atoms with van der Waals surface area (Å²) in [6.45, 7) is 5.90. The van der Waals surface area contributed by atoms with Gasteiger partial charge in [-0.1, -0.05) is 19.4 Å². The zero-order valence-corrected chi connectivity index (χ0v) is 17.9. The number of pyridine rings is 1. The zero-order valence-electron chi connectivity index (χ0n) is 17.9. The van der Waals surface area contributed by atoms with Gasteiger partial charge in [0.1, 0.15) is 11.6 Å². The summed E-state index contributed by atoms with van der Waals surface area (Å²) in [4.78, 5) is 31.2. The quantitative estimate of drug-likeness (QED) is 0.566. The van der Waals surface area contributed by atoms with Gasteiger partial charge in [0.15, 0.2) is 0 Å². The molecule has 0 radical (unpaired) electrons. The SMILES string of the molecule is CCCCOc1ccc(C(=O)NCC(=O)NCc2cccnc2N2CCOCC2)cc1. The van der Waals surface area contributed by atoms with E-state index in [1.54, 1.807) is 30.5 Å². The largest absolute Gasteiger partial charge is 0.494 e. The van der Waals surface area contributed by atoms with Crippen molar-refractivity contribution in [2.45, 2.75) is 26.3 Å². The summed E-state index contributed by atoms with van der Waals surface area (Å²) in [6, 6.07) is 10.7. The van der Waals surface area contributed by atoms with Crippen molar-refractivity contribution >= 4 is 17.6 Å². The number of anilines is 1. The Labute approximate surface area is 182 Å². The van der Waals surface area contributed by atoms with Gasteiger partial charge in [0.25, 0.3) is 5.91 Å². The van der Waals surface area contributed by atoms with E-state index in [9.17, 15) is 9.59 Å². The van der Waals surface area contributed by atoms with Crippen molar-refractivity contribution in [1.82, 2.24) is 15.6 Å². The van der Waals surface area contributed by atoms with Crippen molar-refractivity contribution in [1.29, 1.82) is 0 Å². The lowest BCUT2D eigenvalue weighted by Gasteiger charge is -2.29. The van der Waals surface area contributed by atoms with Gasteiger partial charge in [-0.25, -0.2) is 4.98 Å². The Morgan fingerprint density at radius 2 is 1.90 bits per heavy atom. The van der Waals surface area contributed by atoms with Crippen LogP contribution in [-0.4, -0.2) is 56.3 Å². The molecule has 2 aromatic rings. The van der Waals surface area contributed by atoms with Crippen LogP contribution in [0.1, 0.15) is 35.7 Å². The van der Waals surface area contributed by atoms with Crippen molar-refractivity contribution in [2.24, 2.45) is 0 Å². The molecule has 0 unspecified atom stereocenters. The number of morpholine rings is 1. The number of rotatable bonds is 10. The first-order chi connectivity index (χ1) is 15.2. The second-order valence-corrected chi connectivity index (χ2v) is 7.27. The van der Waals surface area contributed by atoms with Gasteiger partial charge in [-0.15, -0.1) is 0 Å². The van der Waals surface area contributed by atoms with Gasteiger partial charge in [-0.2, -0.15) is 0 Å². The van der Waals surface area contributed by atoms with Crippen LogP contribution in [-0.2, 0) is 16.1 Å². The Morgan fingerprint density at radius 3 is 2.65 bits per heavy atom. The summed E-state index contributed by atoms with van der Waals surface area (Å²) in [5.74, 6) is 1.03. The molecule has 0 saturated carbocycles. The number of aromatic nitrogens is 1. The fraction of sp³-hybridized carbons (Fsp3) is 0.435. The minimum atomic E-state index is -0.300. The lowest BCUT2D eigenvalue weighted by atomic mass is 10.2. The first kappa shape index (κ1) is 22.6.